The van der Waals surface area contributed by atoms with E-state index in [-0.39, 0.29) is 6.54 Å². The number of benzene rings is 2. The SMILES string of the molecule is Fc1ccc(F)c(CNc2cccc(-n3cccc3)c2)c1. The van der Waals surface area contributed by atoms with Crippen LogP contribution in [0.4, 0.5) is 14.5 Å². The van der Waals surface area contributed by atoms with Crippen molar-refractivity contribution in [1.29, 1.82) is 0 Å². The molecular formula is C17H14F2N2. The van der Waals surface area contributed by atoms with Gasteiger partial charge in [0.25, 0.3) is 0 Å². The lowest BCUT2D eigenvalue weighted by atomic mass is 10.2. The number of halogens is 2. The van der Waals surface area contributed by atoms with Crippen LogP contribution in [-0.2, 0) is 6.54 Å². The van der Waals surface area contributed by atoms with Crippen LogP contribution in [0.25, 0.3) is 5.69 Å². The molecule has 1 heterocycles. The third-order valence-corrected chi connectivity index (χ3v) is 3.24. The number of rotatable bonds is 4. The molecule has 3 aromatic rings. The van der Waals surface area contributed by atoms with Gasteiger partial charge < -0.3 is 9.88 Å². The van der Waals surface area contributed by atoms with Crippen molar-refractivity contribution in [2.45, 2.75) is 6.54 Å². The van der Waals surface area contributed by atoms with E-state index in [1.165, 1.54) is 6.07 Å². The molecule has 1 aromatic heterocycles. The third kappa shape index (κ3) is 3.11. The first-order chi connectivity index (χ1) is 10.2. The molecule has 3 rings (SSSR count). The summed E-state index contributed by atoms with van der Waals surface area (Å²) in [6.07, 6.45) is 3.90. The monoisotopic (exact) mass is 284 g/mol. The summed E-state index contributed by atoms with van der Waals surface area (Å²) < 4.78 is 28.7. The summed E-state index contributed by atoms with van der Waals surface area (Å²) in [5.74, 6) is -0.847. The number of hydrogen-bond acceptors (Lipinski definition) is 1. The van der Waals surface area contributed by atoms with Gasteiger partial charge >= 0.3 is 0 Å². The zero-order chi connectivity index (χ0) is 14.7. The minimum Gasteiger partial charge on any atom is -0.381 e. The fourth-order valence-corrected chi connectivity index (χ4v) is 2.16. The number of nitrogens with one attached hydrogen (secondary N) is 1. The van der Waals surface area contributed by atoms with Gasteiger partial charge in [0.05, 0.1) is 0 Å². The van der Waals surface area contributed by atoms with Crippen molar-refractivity contribution in [3.8, 4) is 5.69 Å². The molecule has 0 amide bonds. The highest BCUT2D eigenvalue weighted by Crippen LogP contribution is 2.17. The summed E-state index contributed by atoms with van der Waals surface area (Å²) in [5, 5.41) is 3.11. The lowest BCUT2D eigenvalue weighted by Gasteiger charge is -2.10. The Hall–Kier alpha value is -2.62. The van der Waals surface area contributed by atoms with E-state index in [0.29, 0.717) is 5.56 Å². The molecule has 4 heteroatoms. The van der Waals surface area contributed by atoms with E-state index in [2.05, 4.69) is 5.32 Å². The zero-order valence-corrected chi connectivity index (χ0v) is 11.3. The fraction of sp³-hybridized carbons (Fsp3) is 0.0588. The second-order valence-corrected chi connectivity index (χ2v) is 4.73. The molecule has 2 nitrogen and oxygen atoms in total. The number of nitrogens with zero attached hydrogens (tertiary/aromatic N) is 1. The molecular weight excluding hydrogens is 270 g/mol. The van der Waals surface area contributed by atoms with Gasteiger partial charge in [-0.15, -0.1) is 0 Å². The molecule has 0 aliphatic heterocycles. The van der Waals surface area contributed by atoms with Gasteiger partial charge in [0, 0.05) is 35.9 Å². The summed E-state index contributed by atoms with van der Waals surface area (Å²) in [5.41, 5.74) is 2.16. The van der Waals surface area contributed by atoms with E-state index in [0.717, 1.165) is 23.5 Å². The number of anilines is 1. The van der Waals surface area contributed by atoms with Crippen LogP contribution in [0.2, 0.25) is 0 Å². The average Bonchev–Trinajstić information content (AvgIpc) is 3.03. The Labute approximate surface area is 121 Å². The van der Waals surface area contributed by atoms with Gasteiger partial charge in [0.15, 0.2) is 0 Å². The summed E-state index contributed by atoms with van der Waals surface area (Å²) >= 11 is 0. The molecule has 0 atom stereocenters. The smallest absolute Gasteiger partial charge is 0.128 e. The van der Waals surface area contributed by atoms with Crippen molar-refractivity contribution in [3.63, 3.8) is 0 Å². The van der Waals surface area contributed by atoms with Crippen LogP contribution in [0, 0.1) is 11.6 Å². The molecule has 1 N–H and O–H groups in total. The maximum Gasteiger partial charge on any atom is 0.128 e. The van der Waals surface area contributed by atoms with Crippen LogP contribution < -0.4 is 5.32 Å². The van der Waals surface area contributed by atoms with Gasteiger partial charge in [-0.3, -0.25) is 0 Å². The molecule has 0 fully saturated rings. The number of hydrogen-bond donors (Lipinski definition) is 1. The second kappa shape index (κ2) is 5.79. The van der Waals surface area contributed by atoms with E-state index >= 15 is 0 Å². The van der Waals surface area contributed by atoms with Crippen LogP contribution in [0.15, 0.2) is 67.0 Å². The second-order valence-electron chi connectivity index (χ2n) is 4.73. The van der Waals surface area contributed by atoms with Gasteiger partial charge in [-0.05, 0) is 48.5 Å². The molecule has 0 bridgehead atoms. The molecule has 0 spiro atoms. The highest BCUT2D eigenvalue weighted by Gasteiger charge is 2.04. The molecule has 0 aliphatic carbocycles. The van der Waals surface area contributed by atoms with Crippen molar-refractivity contribution in [2.24, 2.45) is 0 Å². The zero-order valence-electron chi connectivity index (χ0n) is 11.3. The van der Waals surface area contributed by atoms with E-state index in [9.17, 15) is 8.78 Å². The van der Waals surface area contributed by atoms with Gasteiger partial charge in [0.2, 0.25) is 0 Å². The Morgan fingerprint density at radius 2 is 1.71 bits per heavy atom. The van der Waals surface area contributed by atoms with Gasteiger partial charge in [-0.25, -0.2) is 8.78 Å². The van der Waals surface area contributed by atoms with Crippen LogP contribution in [-0.4, -0.2) is 4.57 Å². The Bertz CT molecular complexity index is 736. The van der Waals surface area contributed by atoms with Crippen LogP contribution in [0.3, 0.4) is 0 Å². The third-order valence-electron chi connectivity index (χ3n) is 3.24. The van der Waals surface area contributed by atoms with Crippen molar-refractivity contribution in [3.05, 3.63) is 84.2 Å². The predicted molar refractivity (Wildman–Crippen MR) is 79.5 cm³/mol. The summed E-state index contributed by atoms with van der Waals surface area (Å²) in [6, 6.07) is 15.1. The lowest BCUT2D eigenvalue weighted by Crippen LogP contribution is -2.03. The Balaban J connectivity index is 1.76. The topological polar surface area (TPSA) is 17.0 Å². The lowest BCUT2D eigenvalue weighted by molar-refractivity contribution is 0.587. The maximum absolute atomic E-state index is 13.6. The first kappa shape index (κ1) is 13.4. The highest BCUT2D eigenvalue weighted by molar-refractivity contribution is 5.51. The van der Waals surface area contributed by atoms with E-state index in [4.69, 9.17) is 0 Å². The largest absolute Gasteiger partial charge is 0.381 e. The maximum atomic E-state index is 13.6. The summed E-state index contributed by atoms with van der Waals surface area (Å²) in [6.45, 7) is 0.235. The Kier molecular flexibility index (Phi) is 3.69. The molecule has 0 saturated heterocycles. The first-order valence-corrected chi connectivity index (χ1v) is 6.63. The molecule has 106 valence electrons. The molecule has 2 aromatic carbocycles. The highest BCUT2D eigenvalue weighted by atomic mass is 19.1. The van der Waals surface area contributed by atoms with Crippen molar-refractivity contribution >= 4 is 5.69 Å². The average molecular weight is 284 g/mol. The van der Waals surface area contributed by atoms with Crippen LogP contribution in [0.1, 0.15) is 5.56 Å². The van der Waals surface area contributed by atoms with Crippen LogP contribution >= 0.6 is 0 Å². The standard InChI is InChI=1S/C17H14F2N2/c18-14-6-7-17(19)13(10-14)12-20-15-4-3-5-16(11-15)21-8-1-2-9-21/h1-11,20H,12H2. The Morgan fingerprint density at radius 3 is 2.52 bits per heavy atom. The molecule has 0 aliphatic rings. The molecule has 0 radical (unpaired) electrons. The quantitative estimate of drug-likeness (QED) is 0.753. The van der Waals surface area contributed by atoms with Gasteiger partial charge in [-0.2, -0.15) is 0 Å². The van der Waals surface area contributed by atoms with Crippen LogP contribution in [0.5, 0.6) is 0 Å². The van der Waals surface area contributed by atoms with E-state index in [1.54, 1.807) is 0 Å². The van der Waals surface area contributed by atoms with Crippen molar-refractivity contribution < 1.29 is 8.78 Å². The molecule has 21 heavy (non-hydrogen) atoms. The van der Waals surface area contributed by atoms with Crippen molar-refractivity contribution in [2.75, 3.05) is 5.32 Å². The molecule has 0 unspecified atom stereocenters. The normalized spacial score (nSPS) is 10.6. The minimum absolute atomic E-state index is 0.235. The van der Waals surface area contributed by atoms with Crippen molar-refractivity contribution in [1.82, 2.24) is 4.57 Å². The minimum atomic E-state index is -0.436. The van der Waals surface area contributed by atoms with Gasteiger partial charge in [-0.1, -0.05) is 6.07 Å². The summed E-state index contributed by atoms with van der Waals surface area (Å²) in [7, 11) is 0. The molecule has 0 saturated carbocycles. The fourth-order valence-electron chi connectivity index (χ4n) is 2.16. The number of aromatic nitrogens is 1. The Morgan fingerprint density at radius 1 is 0.905 bits per heavy atom. The summed E-state index contributed by atoms with van der Waals surface area (Å²) in [4.78, 5) is 0. The first-order valence-electron chi connectivity index (χ1n) is 6.63. The van der Waals surface area contributed by atoms with E-state index in [1.807, 2.05) is 53.4 Å². The predicted octanol–water partition coefficient (Wildman–Crippen LogP) is 4.37. The van der Waals surface area contributed by atoms with Gasteiger partial charge in [0.1, 0.15) is 11.6 Å². The van der Waals surface area contributed by atoms with E-state index < -0.39 is 11.6 Å².